The molecule has 1 heterocycles. The van der Waals surface area contributed by atoms with Gasteiger partial charge in [-0.15, -0.1) is 0 Å². The van der Waals surface area contributed by atoms with E-state index in [-0.39, 0.29) is 41.5 Å². The molecule has 8 heteroatoms. The number of carboxylic acid groups (broad SMARTS) is 1. The number of likely N-dealkylation sites (tertiary alicyclic amines) is 1. The second-order valence-corrected chi connectivity index (χ2v) is 14.0. The Kier molecular flexibility index (Phi) is 14.0. The van der Waals surface area contributed by atoms with Crippen molar-refractivity contribution in [3.63, 3.8) is 0 Å². The van der Waals surface area contributed by atoms with E-state index in [2.05, 4.69) is 43.2 Å². The number of likely N-dealkylation sites (N-methyl/N-ethyl adjacent to an activating group) is 1. The number of carboxylic acids is 1. The summed E-state index contributed by atoms with van der Waals surface area (Å²) >= 11 is 0. The average Bonchev–Trinajstić information content (AvgIpc) is 3.51. The van der Waals surface area contributed by atoms with Gasteiger partial charge in [0.2, 0.25) is 11.8 Å². The zero-order chi connectivity index (χ0) is 34.8. The summed E-state index contributed by atoms with van der Waals surface area (Å²) in [5.41, 5.74) is 1.30. The van der Waals surface area contributed by atoms with Crippen molar-refractivity contribution < 1.29 is 24.3 Å². The third kappa shape index (κ3) is 8.81. The zero-order valence-electron chi connectivity index (χ0n) is 29.9. The SMILES string of the molecule is CCNC(C(=O)NCc1ccc(C(=O)C2=CCCC=C2)cc1)C(C(=O)O)C(C)(CC)C(CC)CC(N1CCCC1=O)C(C)(CC)CC. The minimum absolute atomic E-state index is 0.00413. The summed E-state index contributed by atoms with van der Waals surface area (Å²) in [5, 5.41) is 17.0. The van der Waals surface area contributed by atoms with Crippen LogP contribution in [-0.4, -0.2) is 58.7 Å². The first-order chi connectivity index (χ1) is 22.4. The lowest BCUT2D eigenvalue weighted by molar-refractivity contribution is -0.155. The first-order valence-corrected chi connectivity index (χ1v) is 17.9. The fourth-order valence-corrected chi connectivity index (χ4v) is 7.85. The molecule has 3 N–H and O–H groups in total. The summed E-state index contributed by atoms with van der Waals surface area (Å²) in [6, 6.07) is 6.27. The zero-order valence-corrected chi connectivity index (χ0v) is 29.9. The van der Waals surface area contributed by atoms with Gasteiger partial charge in [-0.1, -0.05) is 97.4 Å². The molecule has 260 valence electrons. The molecule has 2 amide bonds. The van der Waals surface area contributed by atoms with E-state index < -0.39 is 23.3 Å². The molecule has 1 aliphatic heterocycles. The van der Waals surface area contributed by atoms with E-state index >= 15 is 0 Å². The normalized spacial score (nSPS) is 19.0. The topological polar surface area (TPSA) is 116 Å². The average molecular weight is 650 g/mol. The van der Waals surface area contributed by atoms with Crippen molar-refractivity contribution in [2.75, 3.05) is 13.1 Å². The number of allylic oxidation sites excluding steroid dienone is 4. The van der Waals surface area contributed by atoms with Crippen LogP contribution in [0, 0.1) is 22.7 Å². The molecule has 0 saturated carbocycles. The van der Waals surface area contributed by atoms with Crippen molar-refractivity contribution in [3.05, 3.63) is 59.2 Å². The number of carbonyl (C=O) groups excluding carboxylic acids is 3. The van der Waals surface area contributed by atoms with Crippen LogP contribution >= 0.6 is 0 Å². The second-order valence-electron chi connectivity index (χ2n) is 14.0. The van der Waals surface area contributed by atoms with Crippen molar-refractivity contribution in [2.24, 2.45) is 22.7 Å². The monoisotopic (exact) mass is 649 g/mol. The summed E-state index contributed by atoms with van der Waals surface area (Å²) in [5.74, 6) is -2.20. The van der Waals surface area contributed by atoms with Gasteiger partial charge in [-0.3, -0.25) is 19.2 Å². The number of carbonyl (C=O) groups is 4. The molecular formula is C39H59N3O5. The van der Waals surface area contributed by atoms with Gasteiger partial charge in [-0.2, -0.15) is 0 Å². The first-order valence-electron chi connectivity index (χ1n) is 17.9. The van der Waals surface area contributed by atoms with Crippen molar-refractivity contribution in [2.45, 2.75) is 125 Å². The van der Waals surface area contributed by atoms with E-state index in [4.69, 9.17) is 0 Å². The number of ketones is 1. The highest BCUT2D eigenvalue weighted by Crippen LogP contribution is 2.48. The van der Waals surface area contributed by atoms with Crippen LogP contribution in [0.4, 0.5) is 0 Å². The van der Waals surface area contributed by atoms with E-state index in [0.29, 0.717) is 36.9 Å². The van der Waals surface area contributed by atoms with Crippen LogP contribution in [0.15, 0.2) is 48.1 Å². The summed E-state index contributed by atoms with van der Waals surface area (Å²) in [6.45, 7) is 16.1. The predicted molar refractivity (Wildman–Crippen MR) is 188 cm³/mol. The molecule has 1 fully saturated rings. The molecule has 1 saturated heterocycles. The molecule has 5 unspecified atom stereocenters. The van der Waals surface area contributed by atoms with Crippen LogP contribution in [-0.2, 0) is 20.9 Å². The highest BCUT2D eigenvalue weighted by molar-refractivity contribution is 6.10. The van der Waals surface area contributed by atoms with E-state index in [9.17, 15) is 24.3 Å². The smallest absolute Gasteiger partial charge is 0.309 e. The molecule has 2 aliphatic rings. The van der Waals surface area contributed by atoms with Gasteiger partial charge in [-0.25, -0.2) is 0 Å². The number of benzene rings is 1. The van der Waals surface area contributed by atoms with Gasteiger partial charge in [-0.05, 0) is 73.8 Å². The minimum atomic E-state index is -0.995. The number of nitrogens with zero attached hydrogens (tertiary/aromatic N) is 1. The van der Waals surface area contributed by atoms with Gasteiger partial charge in [0.15, 0.2) is 5.78 Å². The van der Waals surface area contributed by atoms with Gasteiger partial charge in [0.1, 0.15) is 6.04 Å². The fourth-order valence-electron chi connectivity index (χ4n) is 7.85. The fraction of sp³-hybridized carbons (Fsp3) is 0.641. The number of amides is 2. The Morgan fingerprint density at radius 3 is 2.15 bits per heavy atom. The van der Waals surface area contributed by atoms with Gasteiger partial charge in [0, 0.05) is 36.7 Å². The Hall–Kier alpha value is -3.26. The lowest BCUT2D eigenvalue weighted by Crippen LogP contribution is -2.58. The number of hydrogen-bond acceptors (Lipinski definition) is 5. The molecule has 3 rings (SSSR count). The third-order valence-electron chi connectivity index (χ3n) is 11.6. The maximum atomic E-state index is 13.9. The second kappa shape index (κ2) is 17.2. The van der Waals surface area contributed by atoms with Crippen molar-refractivity contribution >= 4 is 23.6 Å². The predicted octanol–water partition coefficient (Wildman–Crippen LogP) is 7.09. The first kappa shape index (κ1) is 38.2. The van der Waals surface area contributed by atoms with Gasteiger partial charge >= 0.3 is 5.97 Å². The van der Waals surface area contributed by atoms with E-state index in [0.717, 1.165) is 50.6 Å². The van der Waals surface area contributed by atoms with Crippen molar-refractivity contribution in [1.82, 2.24) is 15.5 Å². The van der Waals surface area contributed by atoms with E-state index in [1.54, 1.807) is 12.1 Å². The molecule has 0 radical (unpaired) electrons. The molecule has 0 spiro atoms. The molecule has 1 aromatic rings. The number of nitrogens with one attached hydrogen (secondary N) is 2. The van der Waals surface area contributed by atoms with Gasteiger partial charge in [0.05, 0.1) is 5.92 Å². The number of Topliss-reactive ketones (excluding diaryl/α,β-unsaturated/α-hetero) is 1. The highest BCUT2D eigenvalue weighted by atomic mass is 16.4. The Morgan fingerprint density at radius 2 is 1.66 bits per heavy atom. The van der Waals surface area contributed by atoms with E-state index in [1.807, 2.05) is 51.1 Å². The summed E-state index contributed by atoms with van der Waals surface area (Å²) < 4.78 is 0. The lowest BCUT2D eigenvalue weighted by Gasteiger charge is -2.49. The van der Waals surface area contributed by atoms with Gasteiger partial charge < -0.3 is 20.6 Å². The maximum absolute atomic E-state index is 13.9. The standard InChI is InChI=1S/C39H59N3O5/c1-8-30(25-31(38(6,9-2)10-3)42-24-16-19-32(42)43)39(7,11-4)33(37(46)47)34(40-12-5)36(45)41-26-27-20-22-29(23-21-27)35(44)28-17-14-13-15-18-28/h14,17-18,20-23,30-31,33-34,40H,8-13,15-16,19,24-26H2,1-7H3,(H,41,45)(H,46,47). The molecular weight excluding hydrogens is 590 g/mol. The van der Waals surface area contributed by atoms with E-state index in [1.165, 1.54) is 0 Å². The summed E-state index contributed by atoms with van der Waals surface area (Å²) in [4.78, 5) is 55.1. The van der Waals surface area contributed by atoms with Crippen LogP contribution in [0.3, 0.4) is 0 Å². The number of aliphatic carboxylic acids is 1. The molecule has 0 bridgehead atoms. The van der Waals surface area contributed by atoms with Crippen LogP contribution < -0.4 is 10.6 Å². The van der Waals surface area contributed by atoms with Crippen molar-refractivity contribution in [1.29, 1.82) is 0 Å². The third-order valence-corrected chi connectivity index (χ3v) is 11.6. The molecule has 47 heavy (non-hydrogen) atoms. The Labute approximate surface area is 282 Å². The minimum Gasteiger partial charge on any atom is -0.481 e. The molecule has 8 nitrogen and oxygen atoms in total. The van der Waals surface area contributed by atoms with Crippen LogP contribution in [0.1, 0.15) is 122 Å². The summed E-state index contributed by atoms with van der Waals surface area (Å²) in [7, 11) is 0. The molecule has 0 aromatic heterocycles. The maximum Gasteiger partial charge on any atom is 0.309 e. The summed E-state index contributed by atoms with van der Waals surface area (Å²) in [6.07, 6.45) is 12.9. The van der Waals surface area contributed by atoms with Gasteiger partial charge in [0.25, 0.3) is 0 Å². The molecule has 5 atom stereocenters. The van der Waals surface area contributed by atoms with Crippen LogP contribution in [0.2, 0.25) is 0 Å². The largest absolute Gasteiger partial charge is 0.481 e. The quantitative estimate of drug-likeness (QED) is 0.138. The Morgan fingerprint density at radius 1 is 0.979 bits per heavy atom. The number of hydrogen-bond donors (Lipinski definition) is 3. The Bertz CT molecular complexity index is 1300. The molecule has 1 aromatic carbocycles. The number of rotatable bonds is 19. The Balaban J connectivity index is 1.85. The van der Waals surface area contributed by atoms with Crippen LogP contribution in [0.5, 0.6) is 0 Å². The molecule has 1 aliphatic carbocycles. The van der Waals surface area contributed by atoms with Crippen molar-refractivity contribution in [3.8, 4) is 0 Å². The highest BCUT2D eigenvalue weighted by Gasteiger charge is 2.51. The lowest BCUT2D eigenvalue weighted by atomic mass is 9.59. The van der Waals surface area contributed by atoms with Crippen LogP contribution in [0.25, 0.3) is 0 Å².